The number of anilines is 1. The van der Waals surface area contributed by atoms with Crippen LogP contribution in [-0.2, 0) is 4.79 Å². The summed E-state index contributed by atoms with van der Waals surface area (Å²) in [5.74, 6) is -0.916. The van der Waals surface area contributed by atoms with E-state index in [0.29, 0.717) is 15.2 Å². The fraction of sp³-hybridized carbons (Fsp3) is 0.182. The number of aromatic nitrogens is 3. The van der Waals surface area contributed by atoms with E-state index in [1.807, 2.05) is 6.07 Å². The van der Waals surface area contributed by atoms with Crippen molar-refractivity contribution >= 4 is 36.1 Å². The SMILES string of the molecule is CC(Nc1cccc(-n2c(=S)[nH][nH]c2=S)c1)C(=O)O. The van der Waals surface area contributed by atoms with Crippen LogP contribution in [0.1, 0.15) is 6.92 Å². The second-order valence-electron chi connectivity index (χ2n) is 3.95. The van der Waals surface area contributed by atoms with Crippen molar-refractivity contribution in [3.63, 3.8) is 0 Å². The van der Waals surface area contributed by atoms with Gasteiger partial charge in [-0.25, -0.2) is 0 Å². The quantitative estimate of drug-likeness (QED) is 0.651. The van der Waals surface area contributed by atoms with Crippen molar-refractivity contribution in [1.82, 2.24) is 14.8 Å². The predicted molar refractivity (Wildman–Crippen MR) is 76.9 cm³/mol. The van der Waals surface area contributed by atoms with Gasteiger partial charge in [-0.3, -0.25) is 19.6 Å². The number of hydrogen-bond acceptors (Lipinski definition) is 4. The van der Waals surface area contributed by atoms with Crippen molar-refractivity contribution in [2.24, 2.45) is 0 Å². The van der Waals surface area contributed by atoms with Crippen LogP contribution in [0.4, 0.5) is 5.69 Å². The molecule has 0 radical (unpaired) electrons. The number of benzene rings is 1. The van der Waals surface area contributed by atoms with E-state index in [-0.39, 0.29) is 0 Å². The third-order valence-corrected chi connectivity index (χ3v) is 3.11. The molecule has 4 N–H and O–H groups in total. The van der Waals surface area contributed by atoms with Crippen molar-refractivity contribution in [3.05, 3.63) is 33.8 Å². The maximum atomic E-state index is 10.8. The molecule has 1 atom stereocenters. The summed E-state index contributed by atoms with van der Waals surface area (Å²) in [5, 5.41) is 17.3. The molecule has 1 unspecified atom stereocenters. The zero-order chi connectivity index (χ0) is 14.0. The van der Waals surface area contributed by atoms with Gasteiger partial charge >= 0.3 is 5.97 Å². The van der Waals surface area contributed by atoms with Crippen LogP contribution in [0.5, 0.6) is 0 Å². The Labute approximate surface area is 119 Å². The highest BCUT2D eigenvalue weighted by atomic mass is 32.1. The zero-order valence-corrected chi connectivity index (χ0v) is 11.6. The molecular formula is C11H12N4O2S2. The van der Waals surface area contributed by atoms with Gasteiger partial charge in [-0.2, -0.15) is 0 Å². The minimum Gasteiger partial charge on any atom is -0.480 e. The Kier molecular flexibility index (Phi) is 3.82. The second-order valence-corrected chi connectivity index (χ2v) is 4.72. The lowest BCUT2D eigenvalue weighted by Crippen LogP contribution is -2.25. The molecule has 0 amide bonds. The Morgan fingerprint density at radius 2 is 2.00 bits per heavy atom. The number of carbonyl (C=O) groups is 1. The third-order valence-electron chi connectivity index (χ3n) is 2.54. The first kappa shape index (κ1) is 13.5. The molecule has 2 aromatic rings. The van der Waals surface area contributed by atoms with Crippen LogP contribution in [0.2, 0.25) is 0 Å². The van der Waals surface area contributed by atoms with E-state index in [1.165, 1.54) is 0 Å². The van der Waals surface area contributed by atoms with E-state index in [9.17, 15) is 4.79 Å². The summed E-state index contributed by atoms with van der Waals surface area (Å²) in [4.78, 5) is 10.8. The van der Waals surface area contributed by atoms with E-state index >= 15 is 0 Å². The molecule has 0 aliphatic heterocycles. The number of rotatable bonds is 4. The van der Waals surface area contributed by atoms with E-state index in [4.69, 9.17) is 29.5 Å². The van der Waals surface area contributed by atoms with Crippen LogP contribution < -0.4 is 5.32 Å². The normalized spacial score (nSPS) is 12.1. The number of H-pyrrole nitrogens is 2. The molecule has 0 bridgehead atoms. The maximum Gasteiger partial charge on any atom is 0.325 e. The Bertz CT molecular complexity index is 688. The molecule has 0 aliphatic carbocycles. The summed E-state index contributed by atoms with van der Waals surface area (Å²) in [6.07, 6.45) is 0. The number of nitrogens with one attached hydrogen (secondary N) is 3. The number of aromatic amines is 2. The van der Waals surface area contributed by atoms with Gasteiger partial charge in [-0.15, -0.1) is 0 Å². The summed E-state index contributed by atoms with van der Waals surface area (Å²) in [6, 6.07) is 6.53. The van der Waals surface area contributed by atoms with Gasteiger partial charge in [0.25, 0.3) is 0 Å². The molecule has 6 nitrogen and oxygen atoms in total. The van der Waals surface area contributed by atoms with Gasteiger partial charge in [0.2, 0.25) is 0 Å². The average Bonchev–Trinajstić information content (AvgIpc) is 2.69. The number of hydrogen-bond donors (Lipinski definition) is 4. The second kappa shape index (κ2) is 5.37. The van der Waals surface area contributed by atoms with Crippen molar-refractivity contribution in [1.29, 1.82) is 0 Å². The monoisotopic (exact) mass is 296 g/mol. The molecule has 1 aromatic carbocycles. The molecule has 1 aromatic heterocycles. The summed E-state index contributed by atoms with van der Waals surface area (Å²) < 4.78 is 2.56. The largest absolute Gasteiger partial charge is 0.480 e. The maximum absolute atomic E-state index is 10.8. The highest BCUT2D eigenvalue weighted by molar-refractivity contribution is 7.72. The first-order valence-corrected chi connectivity index (χ1v) is 6.30. The van der Waals surface area contributed by atoms with Gasteiger partial charge in [0.1, 0.15) is 6.04 Å². The highest BCUT2D eigenvalue weighted by Crippen LogP contribution is 2.16. The molecule has 0 saturated carbocycles. The summed E-state index contributed by atoms with van der Waals surface area (Å²) in [7, 11) is 0. The fourth-order valence-corrected chi connectivity index (χ4v) is 2.15. The first-order valence-electron chi connectivity index (χ1n) is 5.48. The van der Waals surface area contributed by atoms with Crippen LogP contribution in [0.15, 0.2) is 24.3 Å². The molecule has 0 saturated heterocycles. The Morgan fingerprint density at radius 3 is 2.58 bits per heavy atom. The number of nitrogens with zero attached hydrogens (tertiary/aromatic N) is 1. The van der Waals surface area contributed by atoms with E-state index < -0.39 is 12.0 Å². The number of carboxylic acid groups (broad SMARTS) is 1. The highest BCUT2D eigenvalue weighted by Gasteiger charge is 2.10. The molecule has 19 heavy (non-hydrogen) atoms. The molecule has 1 heterocycles. The zero-order valence-electron chi connectivity index (χ0n) is 10.0. The topological polar surface area (TPSA) is 85.8 Å². The lowest BCUT2D eigenvalue weighted by atomic mass is 10.2. The lowest BCUT2D eigenvalue weighted by molar-refractivity contribution is -0.137. The first-order chi connectivity index (χ1) is 8.99. The van der Waals surface area contributed by atoms with Crippen molar-refractivity contribution in [3.8, 4) is 5.69 Å². The van der Waals surface area contributed by atoms with Gasteiger partial charge in [-0.05, 0) is 49.6 Å². The lowest BCUT2D eigenvalue weighted by Gasteiger charge is -2.12. The van der Waals surface area contributed by atoms with E-state index in [1.54, 1.807) is 29.7 Å². The molecule has 8 heteroatoms. The number of aliphatic carboxylic acids is 1. The van der Waals surface area contributed by atoms with Crippen molar-refractivity contribution in [2.75, 3.05) is 5.32 Å². The molecule has 2 rings (SSSR count). The van der Waals surface area contributed by atoms with Gasteiger partial charge < -0.3 is 10.4 Å². The Hall–Kier alpha value is -1.93. The minimum atomic E-state index is -0.916. The average molecular weight is 296 g/mol. The molecule has 0 spiro atoms. The van der Waals surface area contributed by atoms with Crippen LogP contribution in [0, 0.1) is 9.54 Å². The molecular weight excluding hydrogens is 284 g/mol. The van der Waals surface area contributed by atoms with Crippen LogP contribution >= 0.6 is 24.4 Å². The van der Waals surface area contributed by atoms with Gasteiger partial charge in [0.15, 0.2) is 9.54 Å². The summed E-state index contributed by atoms with van der Waals surface area (Å²) >= 11 is 10.2. The Balaban J connectivity index is 2.38. The Morgan fingerprint density at radius 1 is 1.37 bits per heavy atom. The van der Waals surface area contributed by atoms with Gasteiger partial charge in [0.05, 0.1) is 5.69 Å². The predicted octanol–water partition coefficient (Wildman–Crippen LogP) is 2.48. The third kappa shape index (κ3) is 2.91. The van der Waals surface area contributed by atoms with Crippen LogP contribution in [0.3, 0.4) is 0 Å². The molecule has 0 aliphatic rings. The van der Waals surface area contributed by atoms with Crippen molar-refractivity contribution < 1.29 is 9.90 Å². The molecule has 0 fully saturated rings. The van der Waals surface area contributed by atoms with Crippen molar-refractivity contribution in [2.45, 2.75) is 13.0 Å². The van der Waals surface area contributed by atoms with Crippen LogP contribution in [-0.4, -0.2) is 31.9 Å². The standard InChI is InChI=1S/C11H12N4O2S2/c1-6(9(16)17)12-7-3-2-4-8(5-7)15-10(18)13-14-11(15)19/h2-6,12H,1H3,(H,13,18)(H,14,19)(H,16,17). The van der Waals surface area contributed by atoms with E-state index in [0.717, 1.165) is 5.69 Å². The fourth-order valence-electron chi connectivity index (χ4n) is 1.59. The smallest absolute Gasteiger partial charge is 0.325 e. The summed E-state index contributed by atoms with van der Waals surface area (Å²) in [5.41, 5.74) is 1.44. The van der Waals surface area contributed by atoms with E-state index in [2.05, 4.69) is 15.5 Å². The number of carboxylic acids is 1. The van der Waals surface area contributed by atoms with Gasteiger partial charge in [0, 0.05) is 5.69 Å². The molecule has 100 valence electrons. The summed E-state index contributed by atoms with van der Waals surface area (Å²) in [6.45, 7) is 1.57. The minimum absolute atomic E-state index is 0.452. The van der Waals surface area contributed by atoms with Crippen LogP contribution in [0.25, 0.3) is 5.69 Å². The van der Waals surface area contributed by atoms with Gasteiger partial charge in [-0.1, -0.05) is 6.07 Å².